The van der Waals surface area contributed by atoms with Crippen molar-refractivity contribution in [2.24, 2.45) is 0 Å². The van der Waals surface area contributed by atoms with E-state index in [1.807, 2.05) is 6.07 Å². The van der Waals surface area contributed by atoms with E-state index in [0.29, 0.717) is 5.56 Å². The van der Waals surface area contributed by atoms with Crippen LogP contribution in [-0.2, 0) is 9.84 Å². The number of para-hydroxylation sites is 1. The Bertz CT molecular complexity index is 890. The van der Waals surface area contributed by atoms with Gasteiger partial charge in [-0.2, -0.15) is 0 Å². The minimum atomic E-state index is -3.17. The van der Waals surface area contributed by atoms with Crippen molar-refractivity contribution >= 4 is 21.7 Å². The monoisotopic (exact) mass is 361 g/mol. The summed E-state index contributed by atoms with van der Waals surface area (Å²) in [5.41, 5.74) is 1.34. The maximum atomic E-state index is 12.3. The summed E-state index contributed by atoms with van der Waals surface area (Å²) in [6.07, 6.45) is 1.09. The van der Waals surface area contributed by atoms with Gasteiger partial charge in [-0.3, -0.25) is 4.79 Å². The Morgan fingerprint density at radius 3 is 2.24 bits per heavy atom. The molecule has 25 heavy (non-hydrogen) atoms. The fourth-order valence-corrected chi connectivity index (χ4v) is 2.62. The van der Waals surface area contributed by atoms with Crippen LogP contribution >= 0.6 is 0 Å². The number of sulfone groups is 1. The van der Waals surface area contributed by atoms with Crippen molar-refractivity contribution < 1.29 is 22.7 Å². The number of hydrogen-bond acceptors (Lipinski definition) is 5. The van der Waals surface area contributed by atoms with Crippen LogP contribution in [0.1, 0.15) is 26.3 Å². The third-order valence-electron chi connectivity index (χ3n) is 3.46. The average molecular weight is 361 g/mol. The molecular weight excluding hydrogens is 342 g/mol. The molecule has 7 heteroatoms. The highest BCUT2D eigenvalue weighted by molar-refractivity contribution is 7.90. The van der Waals surface area contributed by atoms with Crippen LogP contribution in [0.25, 0.3) is 0 Å². The van der Waals surface area contributed by atoms with Crippen molar-refractivity contribution in [3.63, 3.8) is 0 Å². The normalized spacial score (nSPS) is 11.0. The van der Waals surface area contributed by atoms with E-state index in [0.717, 1.165) is 11.8 Å². The number of benzene rings is 2. The summed E-state index contributed by atoms with van der Waals surface area (Å²) in [6, 6.07) is 13.3. The summed E-state index contributed by atoms with van der Waals surface area (Å²) < 4.78 is 27.6. The van der Waals surface area contributed by atoms with Gasteiger partial charge in [0.2, 0.25) is 0 Å². The number of nitrogens with one attached hydrogen (secondary N) is 1. The minimum Gasteiger partial charge on any atom is -0.422 e. The van der Waals surface area contributed by atoms with Gasteiger partial charge in [-0.05, 0) is 30.7 Å². The van der Waals surface area contributed by atoms with Crippen LogP contribution in [0.2, 0.25) is 0 Å². The van der Waals surface area contributed by atoms with E-state index in [1.54, 1.807) is 37.3 Å². The van der Waals surface area contributed by atoms with E-state index in [4.69, 9.17) is 4.74 Å². The molecule has 0 bridgehead atoms. The van der Waals surface area contributed by atoms with Gasteiger partial charge in [0.15, 0.2) is 0 Å². The van der Waals surface area contributed by atoms with Crippen LogP contribution in [0.4, 0.5) is 0 Å². The molecule has 2 aromatic carbocycles. The summed E-state index contributed by atoms with van der Waals surface area (Å²) >= 11 is 0. The van der Waals surface area contributed by atoms with Gasteiger partial charge in [0.1, 0.15) is 15.6 Å². The molecule has 0 aliphatic carbocycles. The second-order valence-electron chi connectivity index (χ2n) is 5.59. The molecular formula is C18H19NO5S. The Kier molecular flexibility index (Phi) is 5.93. The third kappa shape index (κ3) is 5.42. The largest absolute Gasteiger partial charge is 0.422 e. The van der Waals surface area contributed by atoms with Crippen molar-refractivity contribution in [1.82, 2.24) is 5.32 Å². The Morgan fingerprint density at radius 2 is 1.60 bits per heavy atom. The van der Waals surface area contributed by atoms with Gasteiger partial charge < -0.3 is 10.1 Å². The van der Waals surface area contributed by atoms with Crippen LogP contribution in [-0.4, -0.2) is 38.8 Å². The van der Waals surface area contributed by atoms with Crippen LogP contribution in [0.3, 0.4) is 0 Å². The van der Waals surface area contributed by atoms with E-state index >= 15 is 0 Å². The van der Waals surface area contributed by atoms with Crippen molar-refractivity contribution in [3.05, 3.63) is 65.2 Å². The fraction of sp³-hybridized carbons (Fsp3) is 0.222. The number of esters is 1. The van der Waals surface area contributed by atoms with Crippen molar-refractivity contribution in [3.8, 4) is 5.75 Å². The van der Waals surface area contributed by atoms with Gasteiger partial charge in [0.25, 0.3) is 5.91 Å². The molecule has 1 N–H and O–H groups in total. The van der Waals surface area contributed by atoms with Crippen molar-refractivity contribution in [1.29, 1.82) is 0 Å². The van der Waals surface area contributed by atoms with Gasteiger partial charge in [-0.25, -0.2) is 13.2 Å². The molecule has 0 radical (unpaired) electrons. The van der Waals surface area contributed by atoms with Gasteiger partial charge >= 0.3 is 5.97 Å². The first kappa shape index (κ1) is 18.7. The lowest BCUT2D eigenvalue weighted by Crippen LogP contribution is -2.29. The molecule has 0 fully saturated rings. The quantitative estimate of drug-likeness (QED) is 0.628. The molecule has 0 atom stereocenters. The molecule has 0 aliphatic rings. The van der Waals surface area contributed by atoms with Gasteiger partial charge in [0.05, 0.1) is 16.9 Å². The Labute approximate surface area is 146 Å². The first-order valence-electron chi connectivity index (χ1n) is 7.61. The van der Waals surface area contributed by atoms with Crippen molar-refractivity contribution in [2.45, 2.75) is 6.92 Å². The van der Waals surface area contributed by atoms with E-state index in [-0.39, 0.29) is 23.6 Å². The molecule has 1 amide bonds. The number of rotatable bonds is 6. The molecule has 0 aliphatic heterocycles. The molecule has 2 rings (SSSR count). The average Bonchev–Trinajstić information content (AvgIpc) is 2.54. The summed E-state index contributed by atoms with van der Waals surface area (Å²) in [4.78, 5) is 24.6. The lowest BCUT2D eigenvalue weighted by Gasteiger charge is -2.11. The first-order chi connectivity index (χ1) is 11.8. The Balaban J connectivity index is 2.14. The number of ether oxygens (including phenoxy) is 1. The molecule has 0 saturated heterocycles. The Morgan fingerprint density at radius 1 is 1.00 bits per heavy atom. The van der Waals surface area contributed by atoms with Crippen LogP contribution < -0.4 is 10.1 Å². The lowest BCUT2D eigenvalue weighted by atomic mass is 10.1. The molecule has 0 heterocycles. The standard InChI is InChI=1S/C18H19NO5S/c1-13-7-3-4-8-14(13)18(21)24-16-10-6-5-9-15(16)17(20)19-11-12-25(2,22)23/h3-10H,11-12H2,1-2H3,(H,19,20). The van der Waals surface area contributed by atoms with E-state index < -0.39 is 21.7 Å². The topological polar surface area (TPSA) is 89.5 Å². The fourth-order valence-electron chi connectivity index (χ4n) is 2.15. The number of aryl methyl sites for hydroxylation is 1. The van der Waals surface area contributed by atoms with E-state index in [9.17, 15) is 18.0 Å². The molecule has 0 saturated carbocycles. The molecule has 0 spiro atoms. The predicted molar refractivity (Wildman–Crippen MR) is 94.6 cm³/mol. The second-order valence-corrected chi connectivity index (χ2v) is 7.85. The summed E-state index contributed by atoms with van der Waals surface area (Å²) in [5, 5.41) is 2.51. The van der Waals surface area contributed by atoms with Crippen LogP contribution in [0.5, 0.6) is 5.75 Å². The van der Waals surface area contributed by atoms with Gasteiger partial charge in [0, 0.05) is 12.8 Å². The predicted octanol–water partition coefficient (Wildman–Crippen LogP) is 1.99. The van der Waals surface area contributed by atoms with E-state index in [2.05, 4.69) is 5.32 Å². The number of carbonyl (C=O) groups is 2. The van der Waals surface area contributed by atoms with Gasteiger partial charge in [-0.1, -0.05) is 30.3 Å². The zero-order valence-electron chi connectivity index (χ0n) is 14.0. The SMILES string of the molecule is Cc1ccccc1C(=O)Oc1ccccc1C(=O)NCCS(C)(=O)=O. The molecule has 132 valence electrons. The van der Waals surface area contributed by atoms with E-state index in [1.165, 1.54) is 12.1 Å². The molecule has 0 unspecified atom stereocenters. The molecule has 0 aromatic heterocycles. The van der Waals surface area contributed by atoms with Crippen LogP contribution in [0, 0.1) is 6.92 Å². The maximum absolute atomic E-state index is 12.3. The first-order valence-corrected chi connectivity index (χ1v) is 9.67. The highest BCUT2D eigenvalue weighted by Crippen LogP contribution is 2.20. The smallest absolute Gasteiger partial charge is 0.343 e. The maximum Gasteiger partial charge on any atom is 0.343 e. The zero-order valence-corrected chi connectivity index (χ0v) is 14.8. The number of hydrogen-bond donors (Lipinski definition) is 1. The minimum absolute atomic E-state index is 0.0161. The number of carbonyl (C=O) groups excluding carboxylic acids is 2. The Hall–Kier alpha value is -2.67. The van der Waals surface area contributed by atoms with Gasteiger partial charge in [-0.15, -0.1) is 0 Å². The van der Waals surface area contributed by atoms with Crippen molar-refractivity contribution in [2.75, 3.05) is 18.6 Å². The third-order valence-corrected chi connectivity index (χ3v) is 4.40. The summed E-state index contributed by atoms with van der Waals surface area (Å²) in [5.74, 6) is -1.11. The summed E-state index contributed by atoms with van der Waals surface area (Å²) in [7, 11) is -3.17. The highest BCUT2D eigenvalue weighted by atomic mass is 32.2. The number of amides is 1. The highest BCUT2D eigenvalue weighted by Gasteiger charge is 2.17. The molecule has 6 nitrogen and oxygen atoms in total. The molecule has 2 aromatic rings. The lowest BCUT2D eigenvalue weighted by molar-refractivity contribution is 0.0731. The van der Waals surface area contributed by atoms with Crippen LogP contribution in [0.15, 0.2) is 48.5 Å². The second kappa shape index (κ2) is 7.94. The zero-order chi connectivity index (χ0) is 18.4. The summed E-state index contributed by atoms with van der Waals surface area (Å²) in [6.45, 7) is 1.78.